The van der Waals surface area contributed by atoms with Crippen molar-refractivity contribution in [3.63, 3.8) is 0 Å². The molecule has 0 spiro atoms. The molecule has 2 rings (SSSR count). The van der Waals surface area contributed by atoms with Crippen molar-refractivity contribution in [2.45, 2.75) is 12.5 Å². The molecule has 15 heavy (non-hydrogen) atoms. The van der Waals surface area contributed by atoms with E-state index in [4.69, 9.17) is 10.5 Å². The van der Waals surface area contributed by atoms with E-state index in [1.807, 2.05) is 24.3 Å². The molecule has 1 saturated heterocycles. The second-order valence-electron chi connectivity index (χ2n) is 3.67. The lowest BCUT2D eigenvalue weighted by molar-refractivity contribution is -0.117. The smallest absolute Gasteiger partial charge is 0.228 e. The second kappa shape index (κ2) is 3.90. The van der Waals surface area contributed by atoms with E-state index in [2.05, 4.69) is 0 Å². The van der Waals surface area contributed by atoms with Crippen molar-refractivity contribution in [3.05, 3.63) is 24.3 Å². The third-order valence-corrected chi connectivity index (χ3v) is 2.54. The number of hydrogen-bond donors (Lipinski definition) is 1. The highest BCUT2D eigenvalue weighted by Crippen LogP contribution is 2.23. The minimum Gasteiger partial charge on any atom is -0.497 e. The summed E-state index contributed by atoms with van der Waals surface area (Å²) in [7, 11) is 1.62. The Hall–Kier alpha value is -1.55. The Morgan fingerprint density at radius 2 is 2.07 bits per heavy atom. The maximum atomic E-state index is 11.6. The molecular weight excluding hydrogens is 192 g/mol. The minimum absolute atomic E-state index is 0.0420. The monoisotopic (exact) mass is 206 g/mol. The summed E-state index contributed by atoms with van der Waals surface area (Å²) in [6.45, 7) is 0.602. The predicted octanol–water partition coefficient (Wildman–Crippen LogP) is 0.759. The van der Waals surface area contributed by atoms with E-state index >= 15 is 0 Å². The van der Waals surface area contributed by atoms with E-state index in [0.717, 1.165) is 11.4 Å². The molecule has 1 heterocycles. The third-order valence-electron chi connectivity index (χ3n) is 2.54. The molecule has 80 valence electrons. The highest BCUT2D eigenvalue weighted by Gasteiger charge is 2.27. The number of nitrogens with zero attached hydrogens (tertiary/aromatic N) is 1. The average Bonchev–Trinajstić information content (AvgIpc) is 2.58. The SMILES string of the molecule is COc1ccc(N2C[C@@H](N)CC2=O)cc1. The molecule has 1 aliphatic rings. The Labute approximate surface area is 88.6 Å². The van der Waals surface area contributed by atoms with Crippen LogP contribution in [0.3, 0.4) is 0 Å². The number of carbonyl (C=O) groups is 1. The molecule has 2 N–H and O–H groups in total. The van der Waals surface area contributed by atoms with Gasteiger partial charge in [0, 0.05) is 24.7 Å². The standard InChI is InChI=1S/C11H14N2O2/c1-15-10-4-2-9(3-5-10)13-7-8(12)6-11(13)14/h2-5,8H,6-7,12H2,1H3/t8-/m0/s1. The second-order valence-corrected chi connectivity index (χ2v) is 3.67. The third kappa shape index (κ3) is 1.94. The molecule has 1 atom stereocenters. The van der Waals surface area contributed by atoms with E-state index in [1.165, 1.54) is 0 Å². The topological polar surface area (TPSA) is 55.6 Å². The fourth-order valence-electron chi connectivity index (χ4n) is 1.75. The largest absolute Gasteiger partial charge is 0.497 e. The van der Waals surface area contributed by atoms with E-state index in [1.54, 1.807) is 12.0 Å². The Kier molecular flexibility index (Phi) is 2.60. The molecule has 0 radical (unpaired) electrons. The summed E-state index contributed by atoms with van der Waals surface area (Å²) in [6.07, 6.45) is 0.437. The molecular formula is C11H14N2O2. The zero-order chi connectivity index (χ0) is 10.8. The highest BCUT2D eigenvalue weighted by atomic mass is 16.5. The summed E-state index contributed by atoms with van der Waals surface area (Å²) in [6, 6.07) is 7.38. The molecule has 1 amide bonds. The van der Waals surface area contributed by atoms with Gasteiger partial charge in [-0.15, -0.1) is 0 Å². The lowest BCUT2D eigenvalue weighted by Crippen LogP contribution is -2.27. The van der Waals surface area contributed by atoms with Gasteiger partial charge in [0.2, 0.25) is 5.91 Å². The first-order chi connectivity index (χ1) is 7.20. The van der Waals surface area contributed by atoms with Crippen molar-refractivity contribution in [2.24, 2.45) is 5.73 Å². The fourth-order valence-corrected chi connectivity index (χ4v) is 1.75. The van der Waals surface area contributed by atoms with Gasteiger partial charge in [-0.1, -0.05) is 0 Å². The first kappa shape index (κ1) is 9.98. The number of hydrogen-bond acceptors (Lipinski definition) is 3. The van der Waals surface area contributed by atoms with Gasteiger partial charge in [-0.3, -0.25) is 4.79 Å². The molecule has 0 bridgehead atoms. The number of benzene rings is 1. The van der Waals surface area contributed by atoms with Crippen LogP contribution in [0.5, 0.6) is 5.75 Å². The lowest BCUT2D eigenvalue weighted by atomic mass is 10.3. The summed E-state index contributed by atoms with van der Waals surface area (Å²) in [4.78, 5) is 13.3. The molecule has 0 aromatic heterocycles. The lowest BCUT2D eigenvalue weighted by Gasteiger charge is -2.16. The maximum absolute atomic E-state index is 11.6. The van der Waals surface area contributed by atoms with E-state index in [9.17, 15) is 4.79 Å². The summed E-state index contributed by atoms with van der Waals surface area (Å²) in [5.74, 6) is 0.877. The van der Waals surface area contributed by atoms with E-state index in [0.29, 0.717) is 13.0 Å². The number of nitrogens with two attached hydrogens (primary N) is 1. The van der Waals surface area contributed by atoms with Gasteiger partial charge in [0.05, 0.1) is 7.11 Å². The van der Waals surface area contributed by atoms with Crippen LogP contribution in [0.4, 0.5) is 5.69 Å². The van der Waals surface area contributed by atoms with Crippen molar-refractivity contribution in [1.82, 2.24) is 0 Å². The number of rotatable bonds is 2. The molecule has 0 aliphatic carbocycles. The minimum atomic E-state index is -0.0420. The van der Waals surface area contributed by atoms with Crippen molar-refractivity contribution in [3.8, 4) is 5.75 Å². The number of anilines is 1. The van der Waals surface area contributed by atoms with Crippen LogP contribution in [0.15, 0.2) is 24.3 Å². The Balaban J connectivity index is 2.19. The quantitative estimate of drug-likeness (QED) is 0.777. The van der Waals surface area contributed by atoms with Crippen LogP contribution in [0.25, 0.3) is 0 Å². The van der Waals surface area contributed by atoms with Gasteiger partial charge < -0.3 is 15.4 Å². The Morgan fingerprint density at radius 3 is 2.53 bits per heavy atom. The molecule has 0 unspecified atom stereocenters. The maximum Gasteiger partial charge on any atom is 0.228 e. The normalized spacial score (nSPS) is 20.8. The van der Waals surface area contributed by atoms with Crippen LogP contribution in [0, 0.1) is 0 Å². The molecule has 1 aromatic rings. The first-order valence-corrected chi connectivity index (χ1v) is 4.90. The molecule has 1 fully saturated rings. The van der Waals surface area contributed by atoms with Crippen LogP contribution in [-0.4, -0.2) is 25.6 Å². The van der Waals surface area contributed by atoms with E-state index < -0.39 is 0 Å². The molecule has 1 aromatic carbocycles. The van der Waals surface area contributed by atoms with Crippen LogP contribution in [-0.2, 0) is 4.79 Å². The highest BCUT2D eigenvalue weighted by molar-refractivity contribution is 5.96. The Morgan fingerprint density at radius 1 is 1.40 bits per heavy atom. The van der Waals surface area contributed by atoms with Crippen LogP contribution >= 0.6 is 0 Å². The predicted molar refractivity (Wildman–Crippen MR) is 57.9 cm³/mol. The zero-order valence-electron chi connectivity index (χ0n) is 8.64. The van der Waals surface area contributed by atoms with Gasteiger partial charge in [-0.25, -0.2) is 0 Å². The van der Waals surface area contributed by atoms with Gasteiger partial charge >= 0.3 is 0 Å². The number of amides is 1. The van der Waals surface area contributed by atoms with Gasteiger partial charge in [-0.05, 0) is 24.3 Å². The van der Waals surface area contributed by atoms with E-state index in [-0.39, 0.29) is 11.9 Å². The van der Waals surface area contributed by atoms with Crippen molar-refractivity contribution in [2.75, 3.05) is 18.6 Å². The first-order valence-electron chi connectivity index (χ1n) is 4.90. The van der Waals surface area contributed by atoms with Crippen molar-refractivity contribution < 1.29 is 9.53 Å². The van der Waals surface area contributed by atoms with Gasteiger partial charge in [0.25, 0.3) is 0 Å². The Bertz CT molecular complexity index is 361. The molecule has 4 nitrogen and oxygen atoms in total. The zero-order valence-corrected chi connectivity index (χ0v) is 8.64. The molecule has 4 heteroatoms. The summed E-state index contributed by atoms with van der Waals surface area (Å²) in [5, 5.41) is 0. The van der Waals surface area contributed by atoms with Gasteiger partial charge in [-0.2, -0.15) is 0 Å². The number of methoxy groups -OCH3 is 1. The van der Waals surface area contributed by atoms with Crippen molar-refractivity contribution in [1.29, 1.82) is 0 Å². The van der Waals surface area contributed by atoms with Crippen LogP contribution < -0.4 is 15.4 Å². The van der Waals surface area contributed by atoms with Gasteiger partial charge in [0.1, 0.15) is 5.75 Å². The summed E-state index contributed by atoms with van der Waals surface area (Å²) < 4.78 is 5.05. The molecule has 0 saturated carbocycles. The van der Waals surface area contributed by atoms with Crippen LogP contribution in [0.1, 0.15) is 6.42 Å². The molecule has 1 aliphatic heterocycles. The fraction of sp³-hybridized carbons (Fsp3) is 0.364. The average molecular weight is 206 g/mol. The number of ether oxygens (including phenoxy) is 1. The van der Waals surface area contributed by atoms with Crippen molar-refractivity contribution >= 4 is 11.6 Å². The van der Waals surface area contributed by atoms with Gasteiger partial charge in [0.15, 0.2) is 0 Å². The van der Waals surface area contributed by atoms with Crippen LogP contribution in [0.2, 0.25) is 0 Å². The summed E-state index contributed by atoms with van der Waals surface area (Å²) in [5.41, 5.74) is 6.60. The number of carbonyl (C=O) groups excluding carboxylic acids is 1. The summed E-state index contributed by atoms with van der Waals surface area (Å²) >= 11 is 0.